The highest BCUT2D eigenvalue weighted by Crippen LogP contribution is 2.38. The van der Waals surface area contributed by atoms with Crippen LogP contribution in [0.1, 0.15) is 60.6 Å². The van der Waals surface area contributed by atoms with Crippen molar-refractivity contribution in [2.75, 3.05) is 26.3 Å². The van der Waals surface area contributed by atoms with Crippen LogP contribution in [0.4, 0.5) is 13.6 Å². The predicted octanol–water partition coefficient (Wildman–Crippen LogP) is 2.70. The van der Waals surface area contributed by atoms with Gasteiger partial charge in [-0.05, 0) is 24.8 Å². The van der Waals surface area contributed by atoms with Gasteiger partial charge in [0.1, 0.15) is 6.04 Å². The lowest BCUT2D eigenvalue weighted by atomic mass is 9.99. The number of ketones is 1. The van der Waals surface area contributed by atoms with E-state index in [0.29, 0.717) is 24.7 Å². The Morgan fingerprint density at radius 1 is 1.11 bits per heavy atom. The van der Waals surface area contributed by atoms with Crippen molar-refractivity contribution in [1.82, 2.24) is 25.7 Å². The first-order valence-corrected chi connectivity index (χ1v) is 12.5. The van der Waals surface area contributed by atoms with E-state index in [1.54, 1.807) is 37.3 Å². The van der Waals surface area contributed by atoms with Crippen LogP contribution in [-0.2, 0) is 16.0 Å². The molecule has 10 nitrogen and oxygen atoms in total. The van der Waals surface area contributed by atoms with Crippen molar-refractivity contribution in [3.8, 4) is 0 Å². The van der Waals surface area contributed by atoms with Crippen molar-refractivity contribution in [2.45, 2.75) is 63.0 Å². The molecule has 2 aliphatic rings. The lowest BCUT2D eigenvalue weighted by Crippen LogP contribution is -2.57. The molecule has 1 aromatic carbocycles. The van der Waals surface area contributed by atoms with Gasteiger partial charge >= 0.3 is 6.03 Å². The standard InChI is InChI=1S/C25H31F2N5O5/c1-2-18(20(33)21-30-23(37-31-21)17-8-9-17)28-22(34)19(29-24(35)32-10-12-36-13-11-32)15-25(26,27)14-16-6-4-3-5-7-16/h3-7,17-19H,2,8-15H2,1H3,(H,28,34)(H,29,35)/t18-,19?/m0/s1. The molecule has 1 aromatic heterocycles. The Labute approximate surface area is 213 Å². The molecule has 2 fully saturated rings. The first kappa shape index (κ1) is 26.6. The molecule has 3 amide bonds. The van der Waals surface area contributed by atoms with E-state index in [1.807, 2.05) is 0 Å². The quantitative estimate of drug-likeness (QED) is 0.437. The summed E-state index contributed by atoms with van der Waals surface area (Å²) in [5.74, 6) is -4.42. The number of alkyl halides is 2. The molecule has 200 valence electrons. The normalized spacial score (nSPS) is 17.6. The molecule has 2 atom stereocenters. The zero-order valence-corrected chi connectivity index (χ0v) is 20.6. The number of nitrogens with zero attached hydrogens (tertiary/aromatic N) is 3. The van der Waals surface area contributed by atoms with E-state index in [0.717, 1.165) is 12.8 Å². The fourth-order valence-corrected chi connectivity index (χ4v) is 4.09. The Morgan fingerprint density at radius 2 is 1.81 bits per heavy atom. The number of benzene rings is 1. The average molecular weight is 520 g/mol. The van der Waals surface area contributed by atoms with Gasteiger partial charge in [0.15, 0.2) is 0 Å². The average Bonchev–Trinajstić information content (AvgIpc) is 3.63. The van der Waals surface area contributed by atoms with Gasteiger partial charge in [-0.2, -0.15) is 4.98 Å². The summed E-state index contributed by atoms with van der Waals surface area (Å²) in [4.78, 5) is 44.4. The molecular formula is C25H31F2N5O5. The Bertz CT molecular complexity index is 1090. The number of nitrogens with one attached hydrogen (secondary N) is 2. The first-order chi connectivity index (χ1) is 17.8. The lowest BCUT2D eigenvalue weighted by molar-refractivity contribution is -0.126. The Kier molecular flexibility index (Phi) is 8.47. The zero-order chi connectivity index (χ0) is 26.4. The third-order valence-electron chi connectivity index (χ3n) is 6.35. The van der Waals surface area contributed by atoms with Crippen LogP contribution in [0.15, 0.2) is 34.9 Å². The molecule has 2 aromatic rings. The number of rotatable bonds is 11. The highest BCUT2D eigenvalue weighted by molar-refractivity contribution is 6.00. The minimum Gasteiger partial charge on any atom is -0.378 e. The number of morpholine rings is 1. The van der Waals surface area contributed by atoms with Gasteiger partial charge in [-0.25, -0.2) is 13.6 Å². The van der Waals surface area contributed by atoms with E-state index >= 15 is 8.78 Å². The molecule has 2 heterocycles. The molecule has 0 radical (unpaired) electrons. The van der Waals surface area contributed by atoms with Gasteiger partial charge in [0, 0.05) is 31.8 Å². The number of halogens is 2. The highest BCUT2D eigenvalue weighted by Gasteiger charge is 2.39. The largest absolute Gasteiger partial charge is 0.378 e. The number of urea groups is 1. The number of aromatic nitrogens is 2. The van der Waals surface area contributed by atoms with E-state index in [4.69, 9.17) is 9.26 Å². The number of hydrogen-bond acceptors (Lipinski definition) is 7. The minimum atomic E-state index is -3.31. The Balaban J connectivity index is 1.46. The third-order valence-corrected chi connectivity index (χ3v) is 6.35. The fraction of sp³-hybridized carbons (Fsp3) is 0.560. The Hall–Kier alpha value is -3.41. The maximum absolute atomic E-state index is 15.1. The summed E-state index contributed by atoms with van der Waals surface area (Å²) in [6.07, 6.45) is 0.440. The van der Waals surface area contributed by atoms with Gasteiger partial charge < -0.3 is 24.8 Å². The number of amides is 3. The second-order valence-electron chi connectivity index (χ2n) is 9.39. The van der Waals surface area contributed by atoms with Crippen LogP contribution < -0.4 is 10.6 Å². The summed E-state index contributed by atoms with van der Waals surface area (Å²) < 4.78 is 40.5. The highest BCUT2D eigenvalue weighted by atomic mass is 19.3. The van der Waals surface area contributed by atoms with Gasteiger partial charge in [0.2, 0.25) is 23.4 Å². The predicted molar refractivity (Wildman–Crippen MR) is 127 cm³/mol. The first-order valence-electron chi connectivity index (χ1n) is 12.5. The monoisotopic (exact) mass is 519 g/mol. The molecule has 2 N–H and O–H groups in total. The molecule has 1 aliphatic heterocycles. The number of carbonyl (C=O) groups is 3. The number of ether oxygens (including phenoxy) is 1. The summed E-state index contributed by atoms with van der Waals surface area (Å²) in [5, 5.41) is 8.67. The number of carbonyl (C=O) groups excluding carboxylic acids is 3. The van der Waals surface area contributed by atoms with Crippen LogP contribution in [0.5, 0.6) is 0 Å². The van der Waals surface area contributed by atoms with Crippen LogP contribution in [0.25, 0.3) is 0 Å². The molecule has 1 saturated carbocycles. The lowest BCUT2D eigenvalue weighted by Gasteiger charge is -2.30. The van der Waals surface area contributed by atoms with Crippen molar-refractivity contribution in [2.24, 2.45) is 0 Å². The number of Topliss-reactive ketones (excluding diaryl/α,β-unsaturated/α-hetero) is 1. The van der Waals surface area contributed by atoms with Gasteiger partial charge in [0.05, 0.1) is 19.3 Å². The molecule has 0 bridgehead atoms. The molecule has 0 spiro atoms. The van der Waals surface area contributed by atoms with Crippen molar-refractivity contribution in [1.29, 1.82) is 0 Å². The van der Waals surface area contributed by atoms with Crippen LogP contribution in [-0.4, -0.2) is 77.1 Å². The second kappa shape index (κ2) is 11.8. The maximum atomic E-state index is 15.1. The smallest absolute Gasteiger partial charge is 0.318 e. The van der Waals surface area contributed by atoms with Gasteiger partial charge in [-0.1, -0.05) is 42.4 Å². The Morgan fingerprint density at radius 3 is 2.46 bits per heavy atom. The number of hydrogen-bond donors (Lipinski definition) is 2. The molecule has 12 heteroatoms. The summed E-state index contributed by atoms with van der Waals surface area (Å²) in [6, 6.07) is 4.87. The molecule has 1 saturated heterocycles. The molecule has 1 aliphatic carbocycles. The third kappa shape index (κ3) is 7.31. The van der Waals surface area contributed by atoms with Crippen LogP contribution >= 0.6 is 0 Å². The van der Waals surface area contributed by atoms with Crippen molar-refractivity contribution < 1.29 is 32.4 Å². The topological polar surface area (TPSA) is 127 Å². The van der Waals surface area contributed by atoms with E-state index < -0.39 is 48.6 Å². The summed E-state index contributed by atoms with van der Waals surface area (Å²) in [6.45, 7) is 2.84. The summed E-state index contributed by atoms with van der Waals surface area (Å²) in [5.41, 5.74) is 0.399. The second-order valence-corrected chi connectivity index (χ2v) is 9.39. The van der Waals surface area contributed by atoms with E-state index in [2.05, 4.69) is 20.8 Å². The van der Waals surface area contributed by atoms with E-state index in [-0.39, 0.29) is 31.3 Å². The van der Waals surface area contributed by atoms with Crippen molar-refractivity contribution in [3.63, 3.8) is 0 Å². The molecule has 37 heavy (non-hydrogen) atoms. The van der Waals surface area contributed by atoms with Gasteiger partial charge in [0.25, 0.3) is 5.92 Å². The fourth-order valence-electron chi connectivity index (χ4n) is 4.09. The van der Waals surface area contributed by atoms with Gasteiger partial charge in [-0.15, -0.1) is 0 Å². The van der Waals surface area contributed by atoms with Gasteiger partial charge in [-0.3, -0.25) is 9.59 Å². The van der Waals surface area contributed by atoms with Crippen LogP contribution in [0.2, 0.25) is 0 Å². The summed E-state index contributed by atoms with van der Waals surface area (Å²) in [7, 11) is 0. The summed E-state index contributed by atoms with van der Waals surface area (Å²) >= 11 is 0. The van der Waals surface area contributed by atoms with E-state index in [1.165, 1.54) is 4.90 Å². The van der Waals surface area contributed by atoms with E-state index in [9.17, 15) is 14.4 Å². The van der Waals surface area contributed by atoms with Crippen LogP contribution in [0, 0.1) is 0 Å². The van der Waals surface area contributed by atoms with Crippen molar-refractivity contribution >= 4 is 17.7 Å². The maximum Gasteiger partial charge on any atom is 0.318 e. The molecular weight excluding hydrogens is 488 g/mol. The molecule has 4 rings (SSSR count). The molecule has 1 unspecified atom stereocenters. The zero-order valence-electron chi connectivity index (χ0n) is 20.6. The van der Waals surface area contributed by atoms with Crippen LogP contribution in [0.3, 0.4) is 0 Å². The SMILES string of the molecule is CC[C@H](NC(=O)C(CC(F)(F)Cc1ccccc1)NC(=O)N1CCOCC1)C(=O)c1noc(C2CC2)n1. The van der Waals surface area contributed by atoms with Crippen molar-refractivity contribution in [3.05, 3.63) is 47.6 Å². The minimum absolute atomic E-state index is 0.148.